The molecule has 184 valence electrons. The zero-order valence-electron chi connectivity index (χ0n) is 20.1. The Kier molecular flexibility index (Phi) is 4.85. The molecule has 37 heavy (non-hydrogen) atoms. The Morgan fingerprint density at radius 3 is 2.78 bits per heavy atom. The lowest BCUT2D eigenvalue weighted by Crippen LogP contribution is -2.35. The number of hydrogen-bond acceptors (Lipinski definition) is 6. The molecule has 2 aliphatic heterocycles. The Morgan fingerprint density at radius 2 is 1.84 bits per heavy atom. The number of hydrogen-bond donors (Lipinski definition) is 3. The van der Waals surface area contributed by atoms with Gasteiger partial charge in [-0.1, -0.05) is 24.3 Å². The highest BCUT2D eigenvalue weighted by atomic mass is 16.2. The third-order valence-corrected chi connectivity index (χ3v) is 7.82. The fourth-order valence-electron chi connectivity index (χ4n) is 5.91. The molecule has 0 radical (unpaired) electrons. The fourth-order valence-corrected chi connectivity index (χ4v) is 5.91. The first-order valence-corrected chi connectivity index (χ1v) is 12.5. The Balaban J connectivity index is 1.09. The van der Waals surface area contributed by atoms with E-state index in [4.69, 9.17) is 0 Å². The number of aromatic nitrogens is 4. The fraction of sp³-hybridized carbons (Fsp3) is 0.250. The molecule has 0 bridgehead atoms. The molecule has 1 atom stereocenters. The van der Waals surface area contributed by atoms with Crippen molar-refractivity contribution in [2.45, 2.75) is 31.1 Å². The van der Waals surface area contributed by atoms with Crippen LogP contribution in [0.4, 0.5) is 17.2 Å². The summed E-state index contributed by atoms with van der Waals surface area (Å²) in [4.78, 5) is 44.1. The minimum Gasteiger partial charge on any atom is -0.348 e. The summed E-state index contributed by atoms with van der Waals surface area (Å²) in [5, 5.41) is 6.38. The van der Waals surface area contributed by atoms with Crippen LogP contribution in [0.5, 0.6) is 0 Å². The molecule has 4 aromatic rings. The third kappa shape index (κ3) is 3.57. The molecule has 1 unspecified atom stereocenters. The number of benzene rings is 2. The van der Waals surface area contributed by atoms with Crippen LogP contribution in [0.25, 0.3) is 0 Å². The van der Waals surface area contributed by atoms with Gasteiger partial charge >= 0.3 is 0 Å². The van der Waals surface area contributed by atoms with E-state index in [-0.39, 0.29) is 11.8 Å². The number of imidazole rings is 1. The van der Waals surface area contributed by atoms with E-state index in [0.717, 1.165) is 46.7 Å². The van der Waals surface area contributed by atoms with E-state index in [1.54, 1.807) is 12.4 Å². The van der Waals surface area contributed by atoms with Crippen LogP contribution in [-0.4, -0.2) is 49.7 Å². The third-order valence-electron chi connectivity index (χ3n) is 7.82. The summed E-state index contributed by atoms with van der Waals surface area (Å²) < 4.78 is 0. The van der Waals surface area contributed by atoms with Crippen molar-refractivity contribution in [3.63, 3.8) is 0 Å². The number of para-hydroxylation sites is 1. The summed E-state index contributed by atoms with van der Waals surface area (Å²) in [6.07, 6.45) is 5.94. The van der Waals surface area contributed by atoms with Crippen molar-refractivity contribution in [2.24, 2.45) is 0 Å². The van der Waals surface area contributed by atoms with E-state index >= 15 is 0 Å². The van der Waals surface area contributed by atoms with Gasteiger partial charge in [0.1, 0.15) is 17.8 Å². The van der Waals surface area contributed by atoms with Crippen LogP contribution in [-0.2, 0) is 35.9 Å². The Hall–Kier alpha value is -4.53. The number of anilines is 3. The van der Waals surface area contributed by atoms with Crippen molar-refractivity contribution in [2.75, 3.05) is 23.7 Å². The van der Waals surface area contributed by atoms with Gasteiger partial charge in [-0.05, 0) is 47.7 Å². The predicted molar refractivity (Wildman–Crippen MR) is 138 cm³/mol. The molecule has 9 nitrogen and oxygen atoms in total. The second-order valence-corrected chi connectivity index (χ2v) is 9.95. The molecule has 2 amide bonds. The van der Waals surface area contributed by atoms with E-state index < -0.39 is 5.41 Å². The molecule has 0 saturated heterocycles. The van der Waals surface area contributed by atoms with Crippen molar-refractivity contribution in [3.05, 3.63) is 95.0 Å². The quantitative estimate of drug-likeness (QED) is 0.405. The highest BCUT2D eigenvalue weighted by molar-refractivity contribution is 6.07. The molecule has 1 aliphatic carbocycles. The maximum atomic E-state index is 13.2. The van der Waals surface area contributed by atoms with E-state index in [1.807, 2.05) is 29.2 Å². The lowest BCUT2D eigenvalue weighted by molar-refractivity contribution is -0.120. The van der Waals surface area contributed by atoms with Crippen molar-refractivity contribution >= 4 is 29.0 Å². The van der Waals surface area contributed by atoms with Gasteiger partial charge in [-0.3, -0.25) is 9.59 Å². The highest BCUT2D eigenvalue weighted by Gasteiger charge is 2.50. The first-order valence-electron chi connectivity index (χ1n) is 12.5. The van der Waals surface area contributed by atoms with Gasteiger partial charge < -0.3 is 20.5 Å². The van der Waals surface area contributed by atoms with Gasteiger partial charge in [0.2, 0.25) is 5.91 Å². The predicted octanol–water partition coefficient (Wildman–Crippen LogP) is 3.17. The summed E-state index contributed by atoms with van der Waals surface area (Å²) in [7, 11) is 0. The molecule has 0 saturated carbocycles. The van der Waals surface area contributed by atoms with Gasteiger partial charge in [0.05, 0.1) is 17.4 Å². The number of rotatable bonds is 3. The average Bonchev–Trinajstić information content (AvgIpc) is 3.56. The van der Waals surface area contributed by atoms with Crippen LogP contribution < -0.4 is 10.6 Å². The molecule has 3 aliphatic rings. The van der Waals surface area contributed by atoms with Crippen molar-refractivity contribution in [1.29, 1.82) is 0 Å². The first-order chi connectivity index (χ1) is 18.1. The van der Waals surface area contributed by atoms with Gasteiger partial charge in [0.25, 0.3) is 5.91 Å². The first kappa shape index (κ1) is 21.7. The molecule has 2 aromatic carbocycles. The van der Waals surface area contributed by atoms with E-state index in [0.29, 0.717) is 37.4 Å². The molecular formula is C28H25N7O2. The SMILES string of the molecule is O=C(c1cc(Nc2ccc3c(c2)CC2(C3)C(=O)Nc3ccccc32)ncn1)N1CCc2nc[nH]c2CC1. The topological polar surface area (TPSA) is 116 Å². The Labute approximate surface area is 213 Å². The maximum Gasteiger partial charge on any atom is 0.272 e. The molecule has 3 N–H and O–H groups in total. The van der Waals surface area contributed by atoms with Crippen LogP contribution in [0.2, 0.25) is 0 Å². The average molecular weight is 492 g/mol. The van der Waals surface area contributed by atoms with Crippen LogP contribution in [0, 0.1) is 0 Å². The molecule has 0 fully saturated rings. The molecular weight excluding hydrogens is 466 g/mol. The second kappa shape index (κ2) is 8.26. The van der Waals surface area contributed by atoms with Crippen molar-refractivity contribution in [3.8, 4) is 0 Å². The van der Waals surface area contributed by atoms with E-state index in [2.05, 4.69) is 48.8 Å². The summed E-state index contributed by atoms with van der Waals surface area (Å²) >= 11 is 0. The van der Waals surface area contributed by atoms with Crippen LogP contribution in [0.15, 0.2) is 61.2 Å². The molecule has 7 rings (SSSR count). The largest absolute Gasteiger partial charge is 0.348 e. The number of aromatic amines is 1. The van der Waals surface area contributed by atoms with Crippen LogP contribution in [0.3, 0.4) is 0 Å². The summed E-state index contributed by atoms with van der Waals surface area (Å²) in [5.41, 5.74) is 7.09. The van der Waals surface area contributed by atoms with Crippen LogP contribution in [0.1, 0.15) is 38.6 Å². The molecule has 9 heteroatoms. The molecule has 1 spiro atoms. The van der Waals surface area contributed by atoms with Gasteiger partial charge in [-0.15, -0.1) is 0 Å². The Morgan fingerprint density at radius 1 is 0.973 bits per heavy atom. The Bertz CT molecular complexity index is 1540. The van der Waals surface area contributed by atoms with Gasteiger partial charge in [0.15, 0.2) is 0 Å². The highest BCUT2D eigenvalue weighted by Crippen LogP contribution is 2.47. The second-order valence-electron chi connectivity index (χ2n) is 9.95. The maximum absolute atomic E-state index is 13.2. The zero-order valence-corrected chi connectivity index (χ0v) is 20.1. The zero-order chi connectivity index (χ0) is 25.0. The van der Waals surface area contributed by atoms with E-state index in [1.165, 1.54) is 11.9 Å². The minimum absolute atomic E-state index is 0.0647. The van der Waals surface area contributed by atoms with Crippen LogP contribution >= 0.6 is 0 Å². The van der Waals surface area contributed by atoms with Gasteiger partial charge in [-0.2, -0.15) is 0 Å². The minimum atomic E-state index is -0.547. The number of nitrogens with zero attached hydrogens (tertiary/aromatic N) is 4. The lowest BCUT2D eigenvalue weighted by Gasteiger charge is -2.20. The summed E-state index contributed by atoms with van der Waals surface area (Å²) in [6, 6.07) is 15.8. The summed E-state index contributed by atoms with van der Waals surface area (Å²) in [6.45, 7) is 1.22. The van der Waals surface area contributed by atoms with Gasteiger partial charge in [0, 0.05) is 49.1 Å². The number of carbonyl (C=O) groups is 2. The van der Waals surface area contributed by atoms with Gasteiger partial charge in [-0.25, -0.2) is 15.0 Å². The molecule has 2 aromatic heterocycles. The number of nitrogens with one attached hydrogen (secondary N) is 3. The van der Waals surface area contributed by atoms with Crippen molar-refractivity contribution < 1.29 is 9.59 Å². The molecule has 4 heterocycles. The number of H-pyrrole nitrogens is 1. The number of fused-ring (bicyclic) bond motifs is 4. The van der Waals surface area contributed by atoms with E-state index in [9.17, 15) is 9.59 Å². The number of carbonyl (C=O) groups excluding carboxylic acids is 2. The number of amides is 2. The monoisotopic (exact) mass is 491 g/mol. The summed E-state index contributed by atoms with van der Waals surface area (Å²) in [5.74, 6) is 0.504. The standard InChI is InChI=1S/C28H25N7O2/c36-26(35-9-7-22-23(8-10-35)30-15-29-22)24-12-25(32-16-31-24)33-19-6-5-17-13-28(14-18(17)11-19)20-3-1-2-4-21(20)34-27(28)37/h1-6,11-12,15-16H,7-10,13-14H2,(H,29,30)(H,34,37)(H,31,32,33). The normalized spacial score (nSPS) is 19.7. The van der Waals surface area contributed by atoms with Crippen molar-refractivity contribution in [1.82, 2.24) is 24.8 Å². The smallest absolute Gasteiger partial charge is 0.272 e. The lowest BCUT2D eigenvalue weighted by atomic mass is 9.79.